The molecule has 1 atom stereocenters. The highest BCUT2D eigenvalue weighted by atomic mass is 19.2. The van der Waals surface area contributed by atoms with Crippen molar-refractivity contribution in [3.05, 3.63) is 53.7 Å². The number of anilines is 1. The Hall–Kier alpha value is -1.91. The molecule has 1 aromatic heterocycles. The summed E-state index contributed by atoms with van der Waals surface area (Å²) in [5.41, 5.74) is -0.188. The fourth-order valence-electron chi connectivity index (χ4n) is 1.71. The minimum Gasteiger partial charge on any atom is -0.469 e. The molecule has 1 unspecified atom stereocenters. The van der Waals surface area contributed by atoms with Crippen LogP contribution in [0.1, 0.15) is 12.7 Å². The van der Waals surface area contributed by atoms with E-state index in [0.717, 1.165) is 6.07 Å². The highest BCUT2D eigenvalue weighted by Crippen LogP contribution is 2.20. The highest BCUT2D eigenvalue weighted by Gasteiger charge is 2.13. The van der Waals surface area contributed by atoms with Crippen LogP contribution < -0.4 is 5.32 Å². The van der Waals surface area contributed by atoms with Gasteiger partial charge in [-0.15, -0.1) is 0 Å². The molecule has 0 saturated heterocycles. The van der Waals surface area contributed by atoms with Crippen molar-refractivity contribution in [3.63, 3.8) is 0 Å². The molecule has 0 aliphatic rings. The minimum atomic E-state index is -1.21. The minimum absolute atomic E-state index is 0.188. The average Bonchev–Trinajstić information content (AvgIpc) is 2.77. The van der Waals surface area contributed by atoms with Crippen molar-refractivity contribution in [2.75, 3.05) is 5.32 Å². The number of nitrogens with one attached hydrogen (secondary N) is 1. The van der Waals surface area contributed by atoms with E-state index >= 15 is 0 Å². The smallest absolute Gasteiger partial charge is 0.182 e. The van der Waals surface area contributed by atoms with Gasteiger partial charge in [0, 0.05) is 24.6 Å². The fourth-order valence-corrected chi connectivity index (χ4v) is 1.71. The summed E-state index contributed by atoms with van der Waals surface area (Å²) >= 11 is 0. The van der Waals surface area contributed by atoms with Crippen LogP contribution in [0.4, 0.5) is 18.9 Å². The van der Waals surface area contributed by atoms with Crippen molar-refractivity contribution in [1.82, 2.24) is 0 Å². The molecule has 0 radical (unpaired) electrons. The first-order valence-electron chi connectivity index (χ1n) is 5.49. The van der Waals surface area contributed by atoms with E-state index in [1.807, 2.05) is 0 Å². The zero-order valence-electron chi connectivity index (χ0n) is 9.71. The molecule has 5 heteroatoms. The Balaban J connectivity index is 2.09. The normalized spacial score (nSPS) is 12.4. The Labute approximate surface area is 102 Å². The Bertz CT molecular complexity index is 525. The van der Waals surface area contributed by atoms with Crippen LogP contribution in [0.5, 0.6) is 0 Å². The van der Waals surface area contributed by atoms with Gasteiger partial charge in [0.05, 0.1) is 12.0 Å². The number of hydrogen-bond acceptors (Lipinski definition) is 2. The van der Waals surface area contributed by atoms with Crippen molar-refractivity contribution in [1.29, 1.82) is 0 Å². The third-order valence-electron chi connectivity index (χ3n) is 2.48. The van der Waals surface area contributed by atoms with Crippen LogP contribution in [0.3, 0.4) is 0 Å². The van der Waals surface area contributed by atoms with Gasteiger partial charge in [-0.1, -0.05) is 0 Å². The number of halogens is 3. The van der Waals surface area contributed by atoms with Crippen LogP contribution in [-0.4, -0.2) is 6.04 Å². The van der Waals surface area contributed by atoms with E-state index in [0.29, 0.717) is 18.2 Å². The highest BCUT2D eigenvalue weighted by molar-refractivity contribution is 5.46. The quantitative estimate of drug-likeness (QED) is 0.842. The van der Waals surface area contributed by atoms with E-state index in [2.05, 4.69) is 5.32 Å². The van der Waals surface area contributed by atoms with Crippen molar-refractivity contribution in [3.8, 4) is 0 Å². The summed E-state index contributed by atoms with van der Waals surface area (Å²) in [5, 5.41) is 2.72. The van der Waals surface area contributed by atoms with Gasteiger partial charge in [0.1, 0.15) is 11.6 Å². The van der Waals surface area contributed by atoms with Gasteiger partial charge in [0.15, 0.2) is 11.6 Å². The molecule has 0 bridgehead atoms. The van der Waals surface area contributed by atoms with Crippen LogP contribution in [0, 0.1) is 17.5 Å². The van der Waals surface area contributed by atoms with Crippen LogP contribution in [0.15, 0.2) is 34.9 Å². The van der Waals surface area contributed by atoms with Gasteiger partial charge in [0.2, 0.25) is 0 Å². The Kier molecular flexibility index (Phi) is 3.60. The number of furan rings is 1. The summed E-state index contributed by atoms with van der Waals surface area (Å²) in [6, 6.07) is 4.74. The van der Waals surface area contributed by atoms with E-state index < -0.39 is 17.5 Å². The first kappa shape index (κ1) is 12.5. The summed E-state index contributed by atoms with van der Waals surface area (Å²) in [5.74, 6) is -2.39. The van der Waals surface area contributed by atoms with E-state index in [4.69, 9.17) is 4.42 Å². The second kappa shape index (κ2) is 5.16. The summed E-state index contributed by atoms with van der Waals surface area (Å²) in [7, 11) is 0. The van der Waals surface area contributed by atoms with E-state index in [9.17, 15) is 13.2 Å². The molecule has 1 N–H and O–H groups in total. The molecule has 2 rings (SSSR count). The van der Waals surface area contributed by atoms with Crippen molar-refractivity contribution >= 4 is 5.69 Å². The SMILES string of the molecule is CC(Cc1ccco1)Nc1cc(F)cc(F)c1F. The molecule has 96 valence electrons. The Morgan fingerprint density at radius 1 is 1.28 bits per heavy atom. The van der Waals surface area contributed by atoms with E-state index in [-0.39, 0.29) is 11.7 Å². The Morgan fingerprint density at radius 3 is 2.72 bits per heavy atom. The molecule has 0 spiro atoms. The molecule has 0 aliphatic carbocycles. The van der Waals surface area contributed by atoms with Crippen LogP contribution >= 0.6 is 0 Å². The fraction of sp³-hybridized carbons (Fsp3) is 0.231. The summed E-state index contributed by atoms with van der Waals surface area (Å²) < 4.78 is 44.5. The lowest BCUT2D eigenvalue weighted by Crippen LogP contribution is -2.19. The molecule has 18 heavy (non-hydrogen) atoms. The van der Waals surface area contributed by atoms with Gasteiger partial charge < -0.3 is 9.73 Å². The maximum absolute atomic E-state index is 13.4. The van der Waals surface area contributed by atoms with Crippen molar-refractivity contribution in [2.24, 2.45) is 0 Å². The number of benzene rings is 1. The van der Waals surface area contributed by atoms with Crippen molar-refractivity contribution < 1.29 is 17.6 Å². The Morgan fingerprint density at radius 2 is 2.06 bits per heavy atom. The van der Waals surface area contributed by atoms with Crippen LogP contribution in [0.25, 0.3) is 0 Å². The summed E-state index contributed by atoms with van der Waals surface area (Å²) in [6.45, 7) is 1.77. The third-order valence-corrected chi connectivity index (χ3v) is 2.48. The van der Waals surface area contributed by atoms with Gasteiger partial charge in [-0.25, -0.2) is 13.2 Å². The van der Waals surface area contributed by atoms with Crippen LogP contribution in [0.2, 0.25) is 0 Å². The largest absolute Gasteiger partial charge is 0.469 e. The average molecular weight is 255 g/mol. The lowest BCUT2D eigenvalue weighted by molar-refractivity contribution is 0.488. The van der Waals surface area contributed by atoms with Gasteiger partial charge in [-0.3, -0.25) is 0 Å². The molecule has 1 aromatic carbocycles. The number of hydrogen-bond donors (Lipinski definition) is 1. The third kappa shape index (κ3) is 2.85. The maximum atomic E-state index is 13.4. The first-order valence-corrected chi connectivity index (χ1v) is 5.49. The molecule has 2 aromatic rings. The van der Waals surface area contributed by atoms with E-state index in [1.54, 1.807) is 19.1 Å². The molecule has 2 nitrogen and oxygen atoms in total. The second-order valence-electron chi connectivity index (χ2n) is 4.08. The standard InChI is InChI=1S/C13H12F3NO/c1-8(5-10-3-2-4-18-10)17-12-7-9(14)6-11(15)13(12)16/h2-4,6-8,17H,5H2,1H3. The van der Waals surface area contributed by atoms with Crippen molar-refractivity contribution in [2.45, 2.75) is 19.4 Å². The molecule has 1 heterocycles. The lowest BCUT2D eigenvalue weighted by atomic mass is 10.2. The molecular weight excluding hydrogens is 243 g/mol. The first-order chi connectivity index (χ1) is 8.56. The molecule has 0 saturated carbocycles. The molecule has 0 fully saturated rings. The topological polar surface area (TPSA) is 25.2 Å². The van der Waals surface area contributed by atoms with Gasteiger partial charge in [0.25, 0.3) is 0 Å². The molecule has 0 aliphatic heterocycles. The predicted octanol–water partition coefficient (Wildman–Crippen LogP) is 3.74. The van der Waals surface area contributed by atoms with Gasteiger partial charge in [-0.05, 0) is 19.1 Å². The molecule has 0 amide bonds. The predicted molar refractivity (Wildman–Crippen MR) is 61.8 cm³/mol. The molecular formula is C13H12F3NO. The zero-order valence-corrected chi connectivity index (χ0v) is 9.71. The van der Waals surface area contributed by atoms with Gasteiger partial charge >= 0.3 is 0 Å². The van der Waals surface area contributed by atoms with E-state index in [1.165, 1.54) is 6.26 Å². The monoisotopic (exact) mass is 255 g/mol. The number of rotatable bonds is 4. The summed E-state index contributed by atoms with van der Waals surface area (Å²) in [6.07, 6.45) is 2.02. The lowest BCUT2D eigenvalue weighted by Gasteiger charge is -2.15. The summed E-state index contributed by atoms with van der Waals surface area (Å²) in [4.78, 5) is 0. The zero-order chi connectivity index (χ0) is 13.1. The van der Waals surface area contributed by atoms with Crippen LogP contribution in [-0.2, 0) is 6.42 Å². The van der Waals surface area contributed by atoms with Gasteiger partial charge in [-0.2, -0.15) is 0 Å². The maximum Gasteiger partial charge on any atom is 0.182 e. The second-order valence-corrected chi connectivity index (χ2v) is 4.08.